The highest BCUT2D eigenvalue weighted by Gasteiger charge is 2.25. The van der Waals surface area contributed by atoms with E-state index in [1.54, 1.807) is 12.1 Å². The number of halogens is 1. The maximum atomic E-state index is 13.0. The summed E-state index contributed by atoms with van der Waals surface area (Å²) in [6, 6.07) is 5.91. The zero-order chi connectivity index (χ0) is 15.3. The molecule has 1 aliphatic rings. The predicted octanol–water partition coefficient (Wildman–Crippen LogP) is 0.261. The van der Waals surface area contributed by atoms with Crippen LogP contribution < -0.4 is 10.6 Å². The Morgan fingerprint density at radius 3 is 2.95 bits per heavy atom. The van der Waals surface area contributed by atoms with Crippen LogP contribution in [-0.4, -0.2) is 45.0 Å². The summed E-state index contributed by atoms with van der Waals surface area (Å²) in [6.45, 7) is 0.797. The van der Waals surface area contributed by atoms with Crippen LogP contribution in [0.15, 0.2) is 24.3 Å². The topological polar surface area (TPSA) is 75.3 Å². The van der Waals surface area contributed by atoms with Crippen LogP contribution in [0, 0.1) is 5.82 Å². The lowest BCUT2D eigenvalue weighted by Gasteiger charge is -2.23. The summed E-state index contributed by atoms with van der Waals surface area (Å²) >= 11 is 0. The van der Waals surface area contributed by atoms with E-state index in [1.165, 1.54) is 12.1 Å². The van der Waals surface area contributed by atoms with Crippen LogP contribution in [0.2, 0.25) is 0 Å². The van der Waals surface area contributed by atoms with Crippen molar-refractivity contribution in [1.29, 1.82) is 0 Å². The smallest absolute Gasteiger partial charge is 0.221 e. The van der Waals surface area contributed by atoms with Gasteiger partial charge in [-0.15, -0.1) is 0 Å². The summed E-state index contributed by atoms with van der Waals surface area (Å²) in [4.78, 5) is 11.8. The second-order valence-corrected chi connectivity index (χ2v) is 7.43. The molecule has 1 aromatic carbocycles. The Morgan fingerprint density at radius 2 is 2.24 bits per heavy atom. The summed E-state index contributed by atoms with van der Waals surface area (Å²) in [5, 5.41) is 5.76. The van der Waals surface area contributed by atoms with E-state index in [4.69, 9.17) is 0 Å². The van der Waals surface area contributed by atoms with Crippen LogP contribution >= 0.6 is 0 Å². The molecule has 0 aromatic heterocycles. The van der Waals surface area contributed by atoms with E-state index in [0.717, 1.165) is 5.56 Å². The third-order valence-corrected chi connectivity index (χ3v) is 5.09. The Morgan fingerprint density at radius 1 is 1.43 bits per heavy atom. The monoisotopic (exact) mass is 314 g/mol. The highest BCUT2D eigenvalue weighted by molar-refractivity contribution is 7.91. The number of carbonyl (C=O) groups is 1. The van der Waals surface area contributed by atoms with E-state index in [1.807, 2.05) is 0 Å². The Labute approximate surface area is 123 Å². The molecule has 21 heavy (non-hydrogen) atoms. The van der Waals surface area contributed by atoms with Gasteiger partial charge in [-0.25, -0.2) is 12.8 Å². The molecule has 5 nitrogen and oxygen atoms in total. The third-order valence-electron chi connectivity index (χ3n) is 3.36. The van der Waals surface area contributed by atoms with Gasteiger partial charge in [-0.3, -0.25) is 4.79 Å². The standard InChI is InChI=1S/C14H19FN2O3S/c15-12-3-1-2-11(8-12)4-5-17-14(18)9-13-10-21(19,20)7-6-16-13/h1-3,8,13,16H,4-7,9-10H2,(H,17,18). The molecule has 2 N–H and O–H groups in total. The number of hydrogen-bond donors (Lipinski definition) is 2. The van der Waals surface area contributed by atoms with E-state index in [2.05, 4.69) is 10.6 Å². The van der Waals surface area contributed by atoms with Crippen molar-refractivity contribution < 1.29 is 17.6 Å². The zero-order valence-corrected chi connectivity index (χ0v) is 12.5. The number of benzene rings is 1. The predicted molar refractivity (Wildman–Crippen MR) is 78.2 cm³/mol. The first kappa shape index (κ1) is 15.9. The quantitative estimate of drug-likeness (QED) is 0.817. The van der Waals surface area contributed by atoms with Gasteiger partial charge in [0.2, 0.25) is 5.91 Å². The number of nitrogens with one attached hydrogen (secondary N) is 2. The minimum atomic E-state index is -3.03. The average molecular weight is 314 g/mol. The second-order valence-electron chi connectivity index (χ2n) is 5.20. The lowest BCUT2D eigenvalue weighted by molar-refractivity contribution is -0.121. The summed E-state index contributed by atoms with van der Waals surface area (Å²) in [5.41, 5.74) is 0.814. The lowest BCUT2D eigenvalue weighted by Crippen LogP contribution is -2.47. The first-order chi connectivity index (χ1) is 9.94. The molecule has 1 aromatic rings. The van der Waals surface area contributed by atoms with Crippen molar-refractivity contribution in [3.8, 4) is 0 Å². The first-order valence-electron chi connectivity index (χ1n) is 6.89. The van der Waals surface area contributed by atoms with Gasteiger partial charge in [0.1, 0.15) is 5.82 Å². The van der Waals surface area contributed by atoms with E-state index in [-0.39, 0.29) is 35.7 Å². The van der Waals surface area contributed by atoms with Crippen molar-refractivity contribution in [2.24, 2.45) is 0 Å². The van der Waals surface area contributed by atoms with Crippen LogP contribution in [-0.2, 0) is 21.1 Å². The number of amides is 1. The summed E-state index contributed by atoms with van der Waals surface area (Å²) < 4.78 is 35.9. The Hall–Kier alpha value is -1.47. The van der Waals surface area contributed by atoms with Crippen molar-refractivity contribution in [2.75, 3.05) is 24.6 Å². The SMILES string of the molecule is O=C(CC1CS(=O)(=O)CCN1)NCCc1cccc(F)c1. The molecular weight excluding hydrogens is 295 g/mol. The normalized spacial score (nSPS) is 20.9. The van der Waals surface area contributed by atoms with Crippen LogP contribution in [0.4, 0.5) is 4.39 Å². The molecule has 2 rings (SSSR count). The fourth-order valence-electron chi connectivity index (χ4n) is 2.33. The molecule has 0 spiro atoms. The number of sulfone groups is 1. The minimum Gasteiger partial charge on any atom is -0.356 e. The molecule has 1 fully saturated rings. The third kappa shape index (κ3) is 5.43. The largest absolute Gasteiger partial charge is 0.356 e. The number of hydrogen-bond acceptors (Lipinski definition) is 4. The van der Waals surface area contributed by atoms with Crippen molar-refractivity contribution >= 4 is 15.7 Å². The summed E-state index contributed by atoms with van der Waals surface area (Å²) in [7, 11) is -3.03. The Bertz CT molecular complexity index is 604. The van der Waals surface area contributed by atoms with Crippen LogP contribution in [0.5, 0.6) is 0 Å². The van der Waals surface area contributed by atoms with Gasteiger partial charge in [0, 0.05) is 25.6 Å². The van der Waals surface area contributed by atoms with Gasteiger partial charge in [0.15, 0.2) is 9.84 Å². The highest BCUT2D eigenvalue weighted by Crippen LogP contribution is 2.06. The second kappa shape index (κ2) is 7.00. The number of rotatable bonds is 5. The van der Waals surface area contributed by atoms with Gasteiger partial charge >= 0.3 is 0 Å². The van der Waals surface area contributed by atoms with Crippen LogP contribution in [0.3, 0.4) is 0 Å². The van der Waals surface area contributed by atoms with Crippen molar-refractivity contribution in [3.05, 3.63) is 35.6 Å². The van der Waals surface area contributed by atoms with E-state index in [0.29, 0.717) is 19.5 Å². The van der Waals surface area contributed by atoms with Gasteiger partial charge in [0.05, 0.1) is 11.5 Å². The van der Waals surface area contributed by atoms with E-state index < -0.39 is 9.84 Å². The number of carbonyl (C=O) groups excluding carboxylic acids is 1. The molecular formula is C14H19FN2O3S. The van der Waals surface area contributed by atoms with Crippen LogP contribution in [0.25, 0.3) is 0 Å². The van der Waals surface area contributed by atoms with Gasteiger partial charge < -0.3 is 10.6 Å². The molecule has 1 atom stereocenters. The average Bonchev–Trinajstić information content (AvgIpc) is 2.37. The molecule has 0 saturated carbocycles. The van der Waals surface area contributed by atoms with Gasteiger partial charge in [0.25, 0.3) is 0 Å². The molecule has 7 heteroatoms. The van der Waals surface area contributed by atoms with Gasteiger partial charge in [-0.2, -0.15) is 0 Å². The van der Waals surface area contributed by atoms with E-state index >= 15 is 0 Å². The van der Waals surface area contributed by atoms with Gasteiger partial charge in [-0.05, 0) is 24.1 Å². The summed E-state index contributed by atoms with van der Waals surface area (Å²) in [6.07, 6.45) is 0.683. The van der Waals surface area contributed by atoms with Gasteiger partial charge in [-0.1, -0.05) is 12.1 Å². The highest BCUT2D eigenvalue weighted by atomic mass is 32.2. The van der Waals surface area contributed by atoms with Crippen molar-refractivity contribution in [3.63, 3.8) is 0 Å². The molecule has 1 unspecified atom stereocenters. The van der Waals surface area contributed by atoms with Crippen molar-refractivity contribution in [1.82, 2.24) is 10.6 Å². The zero-order valence-electron chi connectivity index (χ0n) is 11.6. The Kier molecular flexibility index (Phi) is 5.30. The molecule has 0 radical (unpaired) electrons. The molecule has 1 heterocycles. The maximum absolute atomic E-state index is 13.0. The Balaban J connectivity index is 1.72. The molecule has 0 bridgehead atoms. The summed E-state index contributed by atoms with van der Waals surface area (Å²) in [5.74, 6) is -0.355. The van der Waals surface area contributed by atoms with Crippen LogP contribution in [0.1, 0.15) is 12.0 Å². The molecule has 1 aliphatic heterocycles. The fourth-order valence-corrected chi connectivity index (χ4v) is 3.78. The molecule has 1 amide bonds. The molecule has 0 aliphatic carbocycles. The van der Waals surface area contributed by atoms with Crippen molar-refractivity contribution in [2.45, 2.75) is 18.9 Å². The molecule has 1 saturated heterocycles. The maximum Gasteiger partial charge on any atom is 0.221 e. The van der Waals surface area contributed by atoms with E-state index in [9.17, 15) is 17.6 Å². The first-order valence-corrected chi connectivity index (χ1v) is 8.72. The molecule has 116 valence electrons. The lowest BCUT2D eigenvalue weighted by atomic mass is 10.1. The minimum absolute atomic E-state index is 0.00428. The fraction of sp³-hybridized carbons (Fsp3) is 0.500.